The topological polar surface area (TPSA) is 78.3 Å². The van der Waals surface area contributed by atoms with Crippen molar-refractivity contribution < 1.29 is 17.9 Å². The van der Waals surface area contributed by atoms with Crippen LogP contribution in [0.5, 0.6) is 0 Å². The number of hydrogen-bond donors (Lipinski definition) is 0. The zero-order chi connectivity index (χ0) is 20.3. The third kappa shape index (κ3) is 3.84. The predicted octanol–water partition coefficient (Wildman–Crippen LogP) is 3.41. The number of benzene rings is 2. The fourth-order valence-corrected chi connectivity index (χ4v) is 4.58. The van der Waals surface area contributed by atoms with E-state index in [0.717, 1.165) is 5.56 Å². The molecule has 0 radical (unpaired) electrons. The SMILES string of the molecule is CCc1ccc(CS(=O)(=O)c2ccccc2)c(C(=O)OC)c1-c1ccn(C)n1. The fourth-order valence-electron chi connectivity index (χ4n) is 3.20. The highest BCUT2D eigenvalue weighted by molar-refractivity contribution is 7.90. The highest BCUT2D eigenvalue weighted by atomic mass is 32.2. The van der Waals surface area contributed by atoms with Crippen molar-refractivity contribution in [3.05, 3.63) is 71.4 Å². The number of aryl methyl sites for hydroxylation is 2. The largest absolute Gasteiger partial charge is 0.465 e. The average molecular weight is 398 g/mol. The van der Waals surface area contributed by atoms with Crippen molar-refractivity contribution in [1.29, 1.82) is 0 Å². The molecule has 1 aromatic heterocycles. The maximum absolute atomic E-state index is 12.9. The summed E-state index contributed by atoms with van der Waals surface area (Å²) >= 11 is 0. The summed E-state index contributed by atoms with van der Waals surface area (Å²) in [5, 5.41) is 4.42. The summed E-state index contributed by atoms with van der Waals surface area (Å²) < 4.78 is 32.4. The van der Waals surface area contributed by atoms with Gasteiger partial charge in [0.05, 0.1) is 29.0 Å². The van der Waals surface area contributed by atoms with E-state index in [1.165, 1.54) is 7.11 Å². The van der Waals surface area contributed by atoms with Crippen molar-refractivity contribution >= 4 is 15.8 Å². The lowest BCUT2D eigenvalue weighted by Crippen LogP contribution is -2.14. The normalized spacial score (nSPS) is 11.4. The number of esters is 1. The van der Waals surface area contributed by atoms with Crippen LogP contribution < -0.4 is 0 Å². The van der Waals surface area contributed by atoms with Gasteiger partial charge in [-0.3, -0.25) is 4.68 Å². The quantitative estimate of drug-likeness (QED) is 0.595. The van der Waals surface area contributed by atoms with Gasteiger partial charge >= 0.3 is 5.97 Å². The third-order valence-corrected chi connectivity index (χ3v) is 6.25. The lowest BCUT2D eigenvalue weighted by atomic mass is 9.93. The number of rotatable bonds is 6. The molecule has 0 saturated carbocycles. The Kier molecular flexibility index (Phi) is 5.65. The smallest absolute Gasteiger partial charge is 0.338 e. The van der Waals surface area contributed by atoms with Crippen LogP contribution in [0.4, 0.5) is 0 Å². The number of aromatic nitrogens is 2. The first-order chi connectivity index (χ1) is 13.4. The Morgan fingerprint density at radius 1 is 1.07 bits per heavy atom. The number of methoxy groups -OCH3 is 1. The van der Waals surface area contributed by atoms with Crippen LogP contribution in [-0.2, 0) is 33.8 Å². The van der Waals surface area contributed by atoms with Crippen LogP contribution in [0.15, 0.2) is 59.6 Å². The highest BCUT2D eigenvalue weighted by Gasteiger charge is 2.26. The fraction of sp³-hybridized carbons (Fsp3) is 0.238. The second-order valence-corrected chi connectivity index (χ2v) is 8.42. The van der Waals surface area contributed by atoms with Crippen molar-refractivity contribution in [1.82, 2.24) is 9.78 Å². The molecular weight excluding hydrogens is 376 g/mol. The first-order valence-electron chi connectivity index (χ1n) is 8.88. The van der Waals surface area contributed by atoms with Gasteiger partial charge in [0.1, 0.15) is 0 Å². The zero-order valence-electron chi connectivity index (χ0n) is 16.0. The van der Waals surface area contributed by atoms with E-state index in [0.29, 0.717) is 23.2 Å². The van der Waals surface area contributed by atoms with Gasteiger partial charge in [0.25, 0.3) is 0 Å². The predicted molar refractivity (Wildman–Crippen MR) is 107 cm³/mol. The molecule has 1 heterocycles. The molecule has 0 aliphatic rings. The van der Waals surface area contributed by atoms with E-state index < -0.39 is 15.8 Å². The van der Waals surface area contributed by atoms with Crippen LogP contribution in [0.2, 0.25) is 0 Å². The van der Waals surface area contributed by atoms with E-state index in [4.69, 9.17) is 4.74 Å². The van der Waals surface area contributed by atoms with Gasteiger partial charge in [-0.1, -0.05) is 37.3 Å². The molecule has 0 N–H and O–H groups in total. The molecule has 3 aromatic rings. The number of ether oxygens (including phenoxy) is 1. The molecule has 7 heteroatoms. The van der Waals surface area contributed by atoms with Crippen LogP contribution in [0.25, 0.3) is 11.3 Å². The van der Waals surface area contributed by atoms with Gasteiger partial charge in [0.2, 0.25) is 0 Å². The van der Waals surface area contributed by atoms with Crippen molar-refractivity contribution in [2.75, 3.05) is 7.11 Å². The molecule has 0 atom stereocenters. The Balaban J connectivity index is 2.21. The minimum atomic E-state index is -3.62. The second kappa shape index (κ2) is 7.98. The number of carbonyl (C=O) groups excluding carboxylic acids is 1. The van der Waals surface area contributed by atoms with Crippen molar-refractivity contribution in [3.8, 4) is 11.3 Å². The zero-order valence-corrected chi connectivity index (χ0v) is 16.9. The third-order valence-electron chi connectivity index (χ3n) is 4.57. The average Bonchev–Trinajstić information content (AvgIpc) is 3.13. The molecule has 146 valence electrons. The van der Waals surface area contributed by atoms with E-state index in [-0.39, 0.29) is 16.2 Å². The van der Waals surface area contributed by atoms with Gasteiger partial charge in [-0.2, -0.15) is 5.10 Å². The van der Waals surface area contributed by atoms with E-state index >= 15 is 0 Å². The number of sulfone groups is 1. The van der Waals surface area contributed by atoms with Gasteiger partial charge in [-0.15, -0.1) is 0 Å². The standard InChI is InChI=1S/C21H22N2O4S/c1-4-15-10-11-16(14-28(25,26)17-8-6-5-7-9-17)20(21(24)27-3)19(15)18-12-13-23(2)22-18/h5-13H,4,14H2,1-3H3. The molecule has 6 nitrogen and oxygen atoms in total. The number of carbonyl (C=O) groups is 1. The molecule has 28 heavy (non-hydrogen) atoms. The maximum atomic E-state index is 12.9. The number of nitrogens with zero attached hydrogens (tertiary/aromatic N) is 2. The van der Waals surface area contributed by atoms with E-state index in [1.54, 1.807) is 60.4 Å². The van der Waals surface area contributed by atoms with Gasteiger partial charge < -0.3 is 4.74 Å². The molecule has 0 fully saturated rings. The molecule has 2 aromatic carbocycles. The summed E-state index contributed by atoms with van der Waals surface area (Å²) in [5.41, 5.74) is 2.78. The first kappa shape index (κ1) is 19.8. The summed E-state index contributed by atoms with van der Waals surface area (Å²) in [6, 6.07) is 13.6. The summed E-state index contributed by atoms with van der Waals surface area (Å²) in [4.78, 5) is 12.9. The maximum Gasteiger partial charge on any atom is 0.338 e. The Labute approximate surface area is 164 Å². The van der Waals surface area contributed by atoms with Crippen molar-refractivity contribution in [2.45, 2.75) is 24.0 Å². The molecular formula is C21H22N2O4S. The van der Waals surface area contributed by atoms with Crippen molar-refractivity contribution in [2.24, 2.45) is 7.05 Å². The van der Waals surface area contributed by atoms with Gasteiger partial charge in [0.15, 0.2) is 9.84 Å². The molecule has 3 rings (SSSR count). The molecule has 0 amide bonds. The van der Waals surface area contributed by atoms with Crippen LogP contribution >= 0.6 is 0 Å². The Bertz CT molecular complexity index is 1100. The van der Waals surface area contributed by atoms with Gasteiger partial charge in [-0.05, 0) is 35.7 Å². The monoisotopic (exact) mass is 398 g/mol. The van der Waals surface area contributed by atoms with Gasteiger partial charge in [-0.25, -0.2) is 13.2 Å². The highest BCUT2D eigenvalue weighted by Crippen LogP contribution is 2.32. The summed E-state index contributed by atoms with van der Waals surface area (Å²) in [5.74, 6) is -0.875. The Hall–Kier alpha value is -2.93. The summed E-state index contributed by atoms with van der Waals surface area (Å²) in [6.45, 7) is 1.98. The molecule has 0 aliphatic carbocycles. The molecule has 0 saturated heterocycles. The molecule has 0 bridgehead atoms. The van der Waals surface area contributed by atoms with Crippen LogP contribution in [0, 0.1) is 0 Å². The van der Waals surface area contributed by atoms with Gasteiger partial charge in [0, 0.05) is 18.8 Å². The van der Waals surface area contributed by atoms with Crippen LogP contribution in [0.3, 0.4) is 0 Å². The van der Waals surface area contributed by atoms with E-state index in [2.05, 4.69) is 5.10 Å². The first-order valence-corrected chi connectivity index (χ1v) is 10.5. The minimum absolute atomic E-state index is 0.213. The van der Waals surface area contributed by atoms with Crippen LogP contribution in [-0.4, -0.2) is 31.3 Å². The van der Waals surface area contributed by atoms with E-state index in [1.807, 2.05) is 13.0 Å². The summed E-state index contributed by atoms with van der Waals surface area (Å²) in [6.07, 6.45) is 2.45. The Morgan fingerprint density at radius 3 is 2.32 bits per heavy atom. The van der Waals surface area contributed by atoms with Crippen molar-refractivity contribution in [3.63, 3.8) is 0 Å². The lowest BCUT2D eigenvalue weighted by Gasteiger charge is -2.16. The minimum Gasteiger partial charge on any atom is -0.465 e. The second-order valence-electron chi connectivity index (χ2n) is 6.43. The molecule has 0 unspecified atom stereocenters. The lowest BCUT2D eigenvalue weighted by molar-refractivity contribution is 0.0600. The molecule has 0 spiro atoms. The number of hydrogen-bond acceptors (Lipinski definition) is 5. The molecule has 0 aliphatic heterocycles. The van der Waals surface area contributed by atoms with E-state index in [9.17, 15) is 13.2 Å². The summed E-state index contributed by atoms with van der Waals surface area (Å²) in [7, 11) is -0.546. The van der Waals surface area contributed by atoms with Crippen LogP contribution in [0.1, 0.15) is 28.4 Å². The Morgan fingerprint density at radius 2 is 1.75 bits per heavy atom.